The normalized spacial score (nSPS) is 14.3. The summed E-state index contributed by atoms with van der Waals surface area (Å²) < 4.78 is 5.45. The second-order valence-electron chi connectivity index (χ2n) is 6.69. The molecule has 1 aliphatic heterocycles. The van der Waals surface area contributed by atoms with Crippen LogP contribution in [0.15, 0.2) is 42.5 Å². The van der Waals surface area contributed by atoms with Crippen molar-refractivity contribution in [2.45, 2.75) is 13.8 Å². The van der Waals surface area contributed by atoms with E-state index < -0.39 is 0 Å². The molecule has 1 fully saturated rings. The minimum absolute atomic E-state index is 0.142. The van der Waals surface area contributed by atoms with Crippen molar-refractivity contribution >= 4 is 17.3 Å². The molecule has 0 spiro atoms. The zero-order valence-electron chi connectivity index (χ0n) is 15.8. The maximum atomic E-state index is 12.5. The van der Waals surface area contributed by atoms with Crippen molar-refractivity contribution in [2.75, 3.05) is 50.1 Å². The summed E-state index contributed by atoms with van der Waals surface area (Å²) >= 11 is 0. The van der Waals surface area contributed by atoms with E-state index in [4.69, 9.17) is 4.74 Å². The van der Waals surface area contributed by atoms with Gasteiger partial charge < -0.3 is 19.9 Å². The van der Waals surface area contributed by atoms with E-state index >= 15 is 0 Å². The maximum Gasteiger partial charge on any atom is 0.241 e. The number of carbonyl (C=O) groups excluding carboxylic acids is 1. The molecule has 3 rings (SSSR count). The number of piperazine rings is 1. The van der Waals surface area contributed by atoms with Crippen LogP contribution in [-0.4, -0.2) is 50.6 Å². The number of nitrogens with one attached hydrogen (secondary N) is 1. The summed E-state index contributed by atoms with van der Waals surface area (Å²) in [7, 11) is 1.69. The molecule has 1 heterocycles. The fraction of sp³-hybridized carbons (Fsp3) is 0.381. The van der Waals surface area contributed by atoms with Crippen LogP contribution in [0.4, 0.5) is 11.4 Å². The molecule has 1 aliphatic rings. The van der Waals surface area contributed by atoms with Gasteiger partial charge in [0.15, 0.2) is 0 Å². The molecule has 138 valence electrons. The summed E-state index contributed by atoms with van der Waals surface area (Å²) in [6.07, 6.45) is 0. The van der Waals surface area contributed by atoms with E-state index in [-0.39, 0.29) is 5.91 Å². The van der Waals surface area contributed by atoms with Gasteiger partial charge in [-0.3, -0.25) is 4.79 Å². The van der Waals surface area contributed by atoms with Gasteiger partial charge in [0.25, 0.3) is 0 Å². The predicted octanol–water partition coefficient (Wildman–Crippen LogP) is 3.07. The number of para-hydroxylation sites is 2. The highest BCUT2D eigenvalue weighted by atomic mass is 16.5. The molecule has 5 heteroatoms. The van der Waals surface area contributed by atoms with Crippen LogP contribution >= 0.6 is 0 Å². The molecule has 0 radical (unpaired) electrons. The monoisotopic (exact) mass is 353 g/mol. The van der Waals surface area contributed by atoms with Gasteiger partial charge in [-0.05, 0) is 49.2 Å². The van der Waals surface area contributed by atoms with Crippen LogP contribution in [0.25, 0.3) is 0 Å². The Bertz CT molecular complexity index is 768. The van der Waals surface area contributed by atoms with Crippen LogP contribution in [0.5, 0.6) is 5.75 Å². The standard InChI is InChI=1S/C21H27N3O2/c1-16-8-9-18(14-17(16)2)22-15-21(25)24-12-10-23(11-13-24)19-6-4-5-7-20(19)26-3/h4-9,14,22H,10-13,15H2,1-3H3. The molecular weight excluding hydrogens is 326 g/mol. The van der Waals surface area contributed by atoms with Gasteiger partial charge >= 0.3 is 0 Å². The number of anilines is 2. The van der Waals surface area contributed by atoms with Crippen molar-refractivity contribution in [3.8, 4) is 5.75 Å². The maximum absolute atomic E-state index is 12.5. The Morgan fingerprint density at radius 2 is 1.77 bits per heavy atom. The number of rotatable bonds is 5. The van der Waals surface area contributed by atoms with Gasteiger partial charge in [0.05, 0.1) is 19.3 Å². The van der Waals surface area contributed by atoms with Crippen LogP contribution in [0.3, 0.4) is 0 Å². The average molecular weight is 353 g/mol. The number of hydrogen-bond acceptors (Lipinski definition) is 4. The van der Waals surface area contributed by atoms with Gasteiger partial charge in [-0.2, -0.15) is 0 Å². The summed E-state index contributed by atoms with van der Waals surface area (Å²) in [5.74, 6) is 1.02. The first-order valence-corrected chi connectivity index (χ1v) is 9.05. The molecule has 0 bridgehead atoms. The van der Waals surface area contributed by atoms with Crippen molar-refractivity contribution in [1.29, 1.82) is 0 Å². The Kier molecular flexibility index (Phi) is 5.66. The molecule has 2 aromatic rings. The highest BCUT2D eigenvalue weighted by Gasteiger charge is 2.22. The van der Waals surface area contributed by atoms with Crippen LogP contribution in [0, 0.1) is 13.8 Å². The fourth-order valence-electron chi connectivity index (χ4n) is 3.23. The Balaban J connectivity index is 1.52. The summed E-state index contributed by atoms with van der Waals surface area (Å²) in [6, 6.07) is 14.2. The van der Waals surface area contributed by atoms with Crippen LogP contribution in [0.2, 0.25) is 0 Å². The lowest BCUT2D eigenvalue weighted by atomic mass is 10.1. The topological polar surface area (TPSA) is 44.8 Å². The van der Waals surface area contributed by atoms with Crippen molar-refractivity contribution in [2.24, 2.45) is 0 Å². The van der Waals surface area contributed by atoms with Crippen molar-refractivity contribution in [1.82, 2.24) is 4.90 Å². The van der Waals surface area contributed by atoms with E-state index in [9.17, 15) is 4.79 Å². The minimum Gasteiger partial charge on any atom is -0.495 e. The molecule has 1 N–H and O–H groups in total. The molecule has 5 nitrogen and oxygen atoms in total. The molecule has 1 saturated heterocycles. The molecule has 0 unspecified atom stereocenters. The quantitative estimate of drug-likeness (QED) is 0.897. The lowest BCUT2D eigenvalue weighted by Crippen LogP contribution is -2.50. The second-order valence-corrected chi connectivity index (χ2v) is 6.69. The first-order valence-electron chi connectivity index (χ1n) is 9.05. The van der Waals surface area contributed by atoms with Gasteiger partial charge in [-0.25, -0.2) is 0 Å². The lowest BCUT2D eigenvalue weighted by Gasteiger charge is -2.36. The third-order valence-corrected chi connectivity index (χ3v) is 5.01. The first kappa shape index (κ1) is 18.1. The van der Waals surface area contributed by atoms with E-state index in [0.29, 0.717) is 6.54 Å². The van der Waals surface area contributed by atoms with E-state index in [0.717, 1.165) is 43.3 Å². The smallest absolute Gasteiger partial charge is 0.241 e. The summed E-state index contributed by atoms with van der Waals surface area (Å²) in [5, 5.41) is 3.25. The molecule has 26 heavy (non-hydrogen) atoms. The highest BCUT2D eigenvalue weighted by molar-refractivity contribution is 5.81. The lowest BCUT2D eigenvalue weighted by molar-refractivity contribution is -0.129. The van der Waals surface area contributed by atoms with Gasteiger partial charge in [0.2, 0.25) is 5.91 Å². The van der Waals surface area contributed by atoms with Gasteiger partial charge in [-0.1, -0.05) is 18.2 Å². The SMILES string of the molecule is COc1ccccc1N1CCN(C(=O)CNc2ccc(C)c(C)c2)CC1. The number of benzene rings is 2. The Hall–Kier alpha value is -2.69. The number of aryl methyl sites for hydroxylation is 2. The van der Waals surface area contributed by atoms with Gasteiger partial charge in [0.1, 0.15) is 5.75 Å². The molecule has 0 saturated carbocycles. The third-order valence-electron chi connectivity index (χ3n) is 5.01. The largest absolute Gasteiger partial charge is 0.495 e. The van der Waals surface area contributed by atoms with E-state index in [1.54, 1.807) is 7.11 Å². The molecule has 1 amide bonds. The molecule has 0 aromatic heterocycles. The molecule has 2 aromatic carbocycles. The number of nitrogens with zero attached hydrogens (tertiary/aromatic N) is 2. The Morgan fingerprint density at radius 1 is 1.04 bits per heavy atom. The number of carbonyl (C=O) groups is 1. The summed E-state index contributed by atoms with van der Waals surface area (Å²) in [6.45, 7) is 7.59. The van der Waals surface area contributed by atoms with Crippen molar-refractivity contribution in [3.63, 3.8) is 0 Å². The zero-order chi connectivity index (χ0) is 18.5. The number of amides is 1. The third kappa shape index (κ3) is 4.10. The fourth-order valence-corrected chi connectivity index (χ4v) is 3.23. The van der Waals surface area contributed by atoms with E-state index in [1.165, 1.54) is 11.1 Å². The highest BCUT2D eigenvalue weighted by Crippen LogP contribution is 2.28. The Labute approximate surface area is 155 Å². The predicted molar refractivity (Wildman–Crippen MR) is 106 cm³/mol. The number of methoxy groups -OCH3 is 1. The first-order chi connectivity index (χ1) is 12.6. The van der Waals surface area contributed by atoms with E-state index in [1.807, 2.05) is 29.2 Å². The Morgan fingerprint density at radius 3 is 2.46 bits per heavy atom. The average Bonchev–Trinajstić information content (AvgIpc) is 2.68. The van der Waals surface area contributed by atoms with Crippen molar-refractivity contribution in [3.05, 3.63) is 53.6 Å². The number of hydrogen-bond donors (Lipinski definition) is 1. The molecule has 0 aliphatic carbocycles. The summed E-state index contributed by atoms with van der Waals surface area (Å²) in [5.41, 5.74) is 4.58. The number of ether oxygens (including phenoxy) is 1. The van der Waals surface area contributed by atoms with Crippen LogP contribution < -0.4 is 15.0 Å². The van der Waals surface area contributed by atoms with Crippen LogP contribution in [-0.2, 0) is 4.79 Å². The molecular formula is C21H27N3O2. The van der Waals surface area contributed by atoms with Crippen molar-refractivity contribution < 1.29 is 9.53 Å². The van der Waals surface area contributed by atoms with Gasteiger partial charge in [-0.15, -0.1) is 0 Å². The van der Waals surface area contributed by atoms with Gasteiger partial charge in [0, 0.05) is 31.9 Å². The van der Waals surface area contributed by atoms with Crippen LogP contribution in [0.1, 0.15) is 11.1 Å². The van der Waals surface area contributed by atoms with E-state index in [2.05, 4.69) is 42.3 Å². The minimum atomic E-state index is 0.142. The summed E-state index contributed by atoms with van der Waals surface area (Å²) in [4.78, 5) is 16.7. The zero-order valence-corrected chi connectivity index (χ0v) is 15.8. The second kappa shape index (κ2) is 8.13. The molecule has 0 atom stereocenters.